The molecule has 0 amide bonds. The Hall–Kier alpha value is -2.79. The Balaban J connectivity index is 1.20. The van der Waals surface area contributed by atoms with E-state index in [1.807, 2.05) is 25.1 Å². The number of thiophene rings is 1. The Bertz CT molecular complexity index is 979. The molecule has 1 atom stereocenters. The summed E-state index contributed by atoms with van der Waals surface area (Å²) >= 11 is 1.70. The van der Waals surface area contributed by atoms with Crippen molar-refractivity contribution in [3.05, 3.63) is 70.4 Å². The standard InChI is InChI=1S/C26H28O4S/c1-2-28-26(27)17-21-5-4-20-16-24(10-11-25(20)21)30-14-3-13-29-23-8-6-19(7-9-23)22-12-15-31-18-22/h6-12,15-16,18,21H,2-5,13-14,17H2,1H3/t21-/m0/s1. The average Bonchev–Trinajstić information content (AvgIpc) is 3.45. The maximum absolute atomic E-state index is 11.8. The monoisotopic (exact) mass is 436 g/mol. The summed E-state index contributed by atoms with van der Waals surface area (Å²) in [5.74, 6) is 1.92. The summed E-state index contributed by atoms with van der Waals surface area (Å²) in [5.41, 5.74) is 4.99. The quantitative estimate of drug-likeness (QED) is 0.278. The number of carbonyl (C=O) groups excluding carboxylic acids is 1. The van der Waals surface area contributed by atoms with Crippen LogP contribution in [0.4, 0.5) is 0 Å². The van der Waals surface area contributed by atoms with Crippen molar-refractivity contribution < 1.29 is 19.0 Å². The van der Waals surface area contributed by atoms with Gasteiger partial charge in [0.1, 0.15) is 11.5 Å². The van der Waals surface area contributed by atoms with Gasteiger partial charge < -0.3 is 14.2 Å². The van der Waals surface area contributed by atoms with Crippen LogP contribution in [0.3, 0.4) is 0 Å². The molecule has 0 unspecified atom stereocenters. The maximum atomic E-state index is 11.8. The number of hydrogen-bond donors (Lipinski definition) is 0. The molecule has 4 nitrogen and oxygen atoms in total. The van der Waals surface area contributed by atoms with E-state index in [-0.39, 0.29) is 11.9 Å². The molecule has 0 spiro atoms. The Morgan fingerprint density at radius 2 is 1.77 bits per heavy atom. The molecule has 1 heterocycles. The largest absolute Gasteiger partial charge is 0.493 e. The molecule has 0 N–H and O–H groups in total. The topological polar surface area (TPSA) is 44.8 Å². The van der Waals surface area contributed by atoms with Crippen LogP contribution in [-0.2, 0) is 16.0 Å². The molecular formula is C26H28O4S. The van der Waals surface area contributed by atoms with Crippen molar-refractivity contribution in [1.29, 1.82) is 0 Å². The summed E-state index contributed by atoms with van der Waals surface area (Å²) in [4.78, 5) is 11.8. The molecule has 0 fully saturated rings. The van der Waals surface area contributed by atoms with Gasteiger partial charge in [0.15, 0.2) is 0 Å². The number of carbonyl (C=O) groups is 1. The zero-order valence-electron chi connectivity index (χ0n) is 17.8. The Labute approximate surface area is 187 Å². The Kier molecular flexibility index (Phi) is 7.26. The zero-order valence-corrected chi connectivity index (χ0v) is 18.7. The molecule has 162 valence electrons. The number of aryl methyl sites for hydroxylation is 1. The predicted octanol–water partition coefficient (Wildman–Crippen LogP) is 6.25. The van der Waals surface area contributed by atoms with E-state index < -0.39 is 0 Å². The van der Waals surface area contributed by atoms with Crippen LogP contribution in [0.25, 0.3) is 11.1 Å². The molecular weight excluding hydrogens is 408 g/mol. The lowest BCUT2D eigenvalue weighted by molar-refractivity contribution is -0.143. The van der Waals surface area contributed by atoms with Gasteiger partial charge in [-0.15, -0.1) is 0 Å². The van der Waals surface area contributed by atoms with E-state index in [4.69, 9.17) is 14.2 Å². The van der Waals surface area contributed by atoms with Crippen LogP contribution in [0.5, 0.6) is 11.5 Å². The molecule has 0 saturated heterocycles. The summed E-state index contributed by atoms with van der Waals surface area (Å²) in [6.45, 7) is 3.51. The molecule has 3 aromatic rings. The van der Waals surface area contributed by atoms with Crippen LogP contribution >= 0.6 is 11.3 Å². The minimum absolute atomic E-state index is 0.109. The number of esters is 1. The van der Waals surface area contributed by atoms with Gasteiger partial charge in [-0.05, 0) is 89.0 Å². The number of hydrogen-bond acceptors (Lipinski definition) is 5. The molecule has 0 saturated carbocycles. The van der Waals surface area contributed by atoms with Crippen LogP contribution in [0.2, 0.25) is 0 Å². The van der Waals surface area contributed by atoms with Crippen molar-refractivity contribution in [2.24, 2.45) is 0 Å². The fourth-order valence-corrected chi connectivity index (χ4v) is 4.68. The van der Waals surface area contributed by atoms with E-state index in [2.05, 4.69) is 41.1 Å². The van der Waals surface area contributed by atoms with Gasteiger partial charge in [-0.2, -0.15) is 11.3 Å². The van der Waals surface area contributed by atoms with Crippen molar-refractivity contribution >= 4 is 17.3 Å². The van der Waals surface area contributed by atoms with Gasteiger partial charge in [-0.25, -0.2) is 0 Å². The molecule has 5 heteroatoms. The highest BCUT2D eigenvalue weighted by atomic mass is 32.1. The molecule has 1 aliphatic rings. The predicted molar refractivity (Wildman–Crippen MR) is 124 cm³/mol. The molecule has 1 aliphatic carbocycles. The van der Waals surface area contributed by atoms with Crippen LogP contribution in [0.1, 0.15) is 43.2 Å². The van der Waals surface area contributed by atoms with Gasteiger partial charge in [0.2, 0.25) is 0 Å². The molecule has 2 aromatic carbocycles. The number of rotatable bonds is 10. The van der Waals surface area contributed by atoms with Gasteiger partial charge >= 0.3 is 5.97 Å². The van der Waals surface area contributed by atoms with E-state index in [1.165, 1.54) is 22.3 Å². The third kappa shape index (κ3) is 5.67. The van der Waals surface area contributed by atoms with Crippen LogP contribution in [0.15, 0.2) is 59.3 Å². The summed E-state index contributed by atoms with van der Waals surface area (Å²) in [7, 11) is 0. The van der Waals surface area contributed by atoms with E-state index in [1.54, 1.807) is 11.3 Å². The fourth-order valence-electron chi connectivity index (χ4n) is 4.02. The third-order valence-electron chi connectivity index (χ3n) is 5.57. The van der Waals surface area contributed by atoms with Crippen LogP contribution in [-0.4, -0.2) is 25.8 Å². The second-order valence-corrected chi connectivity index (χ2v) is 8.47. The first-order valence-corrected chi connectivity index (χ1v) is 11.8. The maximum Gasteiger partial charge on any atom is 0.306 e. The lowest BCUT2D eigenvalue weighted by Crippen LogP contribution is -2.08. The molecule has 0 radical (unpaired) electrons. The van der Waals surface area contributed by atoms with Crippen LogP contribution in [0, 0.1) is 0 Å². The third-order valence-corrected chi connectivity index (χ3v) is 6.25. The lowest BCUT2D eigenvalue weighted by Gasteiger charge is -2.12. The first kappa shape index (κ1) is 21.4. The second kappa shape index (κ2) is 10.5. The van der Waals surface area contributed by atoms with Crippen molar-refractivity contribution in [2.45, 2.75) is 38.5 Å². The van der Waals surface area contributed by atoms with Gasteiger partial charge in [-0.3, -0.25) is 4.79 Å². The minimum Gasteiger partial charge on any atom is -0.493 e. The molecule has 4 rings (SSSR count). The number of benzene rings is 2. The Morgan fingerprint density at radius 3 is 2.52 bits per heavy atom. The SMILES string of the molecule is CCOC(=O)C[C@@H]1CCc2cc(OCCCOc3ccc(-c4ccsc4)cc3)ccc21. The van der Waals surface area contributed by atoms with Gasteiger partial charge in [0, 0.05) is 6.42 Å². The van der Waals surface area contributed by atoms with E-state index in [9.17, 15) is 4.79 Å². The fraction of sp³-hybridized carbons (Fsp3) is 0.346. The van der Waals surface area contributed by atoms with Crippen molar-refractivity contribution in [1.82, 2.24) is 0 Å². The minimum atomic E-state index is -0.109. The number of fused-ring (bicyclic) bond motifs is 1. The van der Waals surface area contributed by atoms with Crippen molar-refractivity contribution in [2.75, 3.05) is 19.8 Å². The summed E-state index contributed by atoms with van der Waals surface area (Å²) in [5, 5.41) is 4.23. The van der Waals surface area contributed by atoms with Gasteiger partial charge in [0.25, 0.3) is 0 Å². The first-order chi connectivity index (χ1) is 15.2. The van der Waals surface area contributed by atoms with Crippen molar-refractivity contribution in [3.8, 4) is 22.6 Å². The molecule has 1 aromatic heterocycles. The van der Waals surface area contributed by atoms with E-state index in [0.29, 0.717) is 26.2 Å². The smallest absolute Gasteiger partial charge is 0.306 e. The first-order valence-electron chi connectivity index (χ1n) is 10.9. The van der Waals surface area contributed by atoms with Crippen LogP contribution < -0.4 is 9.47 Å². The lowest BCUT2D eigenvalue weighted by atomic mass is 9.98. The highest BCUT2D eigenvalue weighted by Crippen LogP contribution is 2.37. The Morgan fingerprint density at radius 1 is 1.00 bits per heavy atom. The highest BCUT2D eigenvalue weighted by molar-refractivity contribution is 7.08. The van der Waals surface area contributed by atoms with Crippen molar-refractivity contribution in [3.63, 3.8) is 0 Å². The summed E-state index contributed by atoms with van der Waals surface area (Å²) in [6.07, 6.45) is 3.26. The van der Waals surface area contributed by atoms with Gasteiger partial charge in [-0.1, -0.05) is 18.2 Å². The normalized spacial score (nSPS) is 14.8. The molecule has 0 bridgehead atoms. The van der Waals surface area contributed by atoms with Gasteiger partial charge in [0.05, 0.1) is 26.2 Å². The van der Waals surface area contributed by atoms with E-state index >= 15 is 0 Å². The summed E-state index contributed by atoms with van der Waals surface area (Å²) < 4.78 is 16.9. The molecule has 31 heavy (non-hydrogen) atoms. The van der Waals surface area contributed by atoms with E-state index in [0.717, 1.165) is 30.8 Å². The highest BCUT2D eigenvalue weighted by Gasteiger charge is 2.25. The number of ether oxygens (including phenoxy) is 3. The average molecular weight is 437 g/mol. The molecule has 0 aliphatic heterocycles. The summed E-state index contributed by atoms with van der Waals surface area (Å²) in [6, 6.07) is 16.6. The zero-order chi connectivity index (χ0) is 21.5. The second-order valence-electron chi connectivity index (χ2n) is 7.69.